The molecule has 2 aliphatic rings. The fourth-order valence-corrected chi connectivity index (χ4v) is 9.21. The molecule has 0 atom stereocenters. The first-order valence-electron chi connectivity index (χ1n) is 16.7. The Balaban J connectivity index is 1.10. The highest BCUT2D eigenvalue weighted by Crippen LogP contribution is 2.48. The monoisotopic (exact) mass is 654 g/mol. The zero-order valence-corrected chi connectivity index (χ0v) is 28.2. The molecule has 1 aliphatic carbocycles. The molecule has 49 heavy (non-hydrogen) atoms. The Bertz CT molecular complexity index is 2470. The van der Waals surface area contributed by atoms with Gasteiger partial charge in [-0.3, -0.25) is 0 Å². The summed E-state index contributed by atoms with van der Waals surface area (Å²) in [5, 5.41) is 2.32. The summed E-state index contributed by atoms with van der Waals surface area (Å²) in [5.74, 6) is 0. The highest BCUT2D eigenvalue weighted by Gasteiger charge is 2.34. The number of benzene rings is 7. The first-order chi connectivity index (χ1) is 23.8. The van der Waals surface area contributed by atoms with Crippen molar-refractivity contribution in [3.63, 3.8) is 0 Å². The minimum Gasteiger partial charge on any atom is -0.310 e. The molecule has 0 saturated heterocycles. The molecule has 9 rings (SSSR count). The molecule has 1 aliphatic heterocycles. The van der Waals surface area contributed by atoms with Crippen LogP contribution in [0.3, 0.4) is 0 Å². The molecule has 4 nitrogen and oxygen atoms in total. The van der Waals surface area contributed by atoms with Crippen LogP contribution in [0.15, 0.2) is 155 Å². The Labute approximate surface area is 287 Å². The molecule has 238 valence electrons. The summed E-state index contributed by atoms with van der Waals surface area (Å²) in [6.45, 7) is 4.29. The Kier molecular flexibility index (Phi) is 6.75. The van der Waals surface area contributed by atoms with E-state index in [-0.39, 0.29) is 0 Å². The second-order valence-electron chi connectivity index (χ2n) is 13.2. The van der Waals surface area contributed by atoms with Gasteiger partial charge in [0.05, 0.1) is 21.2 Å². The van der Waals surface area contributed by atoms with Crippen molar-refractivity contribution in [2.24, 2.45) is 0 Å². The van der Waals surface area contributed by atoms with Crippen LogP contribution < -0.4 is 9.80 Å². The van der Waals surface area contributed by atoms with Gasteiger partial charge in [-0.2, -0.15) is 0 Å². The number of nitrogens with zero attached hydrogens (tertiary/aromatic N) is 2. The number of sulfone groups is 1. The molecular weight excluding hydrogens is 621 g/mol. The van der Waals surface area contributed by atoms with Gasteiger partial charge in [0.1, 0.15) is 0 Å². The van der Waals surface area contributed by atoms with Crippen molar-refractivity contribution in [3.8, 4) is 0 Å². The molecule has 0 saturated carbocycles. The number of hydrogen-bond acceptors (Lipinski definition) is 4. The van der Waals surface area contributed by atoms with Crippen LogP contribution in [0.4, 0.5) is 34.1 Å². The first kappa shape index (κ1) is 29.5. The van der Waals surface area contributed by atoms with Gasteiger partial charge in [0.15, 0.2) is 0 Å². The SMILES string of the molecule is Cc1cccc(N(c2cccc(C)c2)c2ccc3c(c2)Cc2cc4ccc(N5c6ccccc6S(=O)(=O)c6ccccc65)cc4cc2C3)c1. The van der Waals surface area contributed by atoms with Crippen molar-refractivity contribution in [1.29, 1.82) is 0 Å². The van der Waals surface area contributed by atoms with Crippen LogP contribution in [0.25, 0.3) is 10.8 Å². The van der Waals surface area contributed by atoms with E-state index in [1.165, 1.54) is 38.8 Å². The third-order valence-corrected chi connectivity index (χ3v) is 11.8. The van der Waals surface area contributed by atoms with Crippen molar-refractivity contribution < 1.29 is 8.42 Å². The largest absolute Gasteiger partial charge is 0.310 e. The second kappa shape index (κ2) is 11.2. The molecule has 0 spiro atoms. The van der Waals surface area contributed by atoms with Gasteiger partial charge in [0, 0.05) is 22.7 Å². The fourth-order valence-electron chi connectivity index (χ4n) is 7.59. The summed E-state index contributed by atoms with van der Waals surface area (Å²) in [7, 11) is -3.61. The van der Waals surface area contributed by atoms with E-state index in [0.717, 1.165) is 41.0 Å². The molecule has 0 fully saturated rings. The third kappa shape index (κ3) is 4.92. The Hall–Kier alpha value is -5.65. The molecule has 0 N–H and O–H groups in total. The maximum Gasteiger partial charge on any atom is 0.210 e. The summed E-state index contributed by atoms with van der Waals surface area (Å²) in [4.78, 5) is 5.10. The van der Waals surface area contributed by atoms with E-state index in [2.05, 4.69) is 121 Å². The zero-order valence-electron chi connectivity index (χ0n) is 27.4. The average molecular weight is 655 g/mol. The molecule has 7 aromatic rings. The quantitative estimate of drug-likeness (QED) is 0.189. The van der Waals surface area contributed by atoms with E-state index in [9.17, 15) is 8.42 Å². The number of anilines is 6. The van der Waals surface area contributed by atoms with Crippen LogP contribution in [0.5, 0.6) is 0 Å². The smallest absolute Gasteiger partial charge is 0.210 e. The van der Waals surface area contributed by atoms with E-state index >= 15 is 0 Å². The topological polar surface area (TPSA) is 40.6 Å². The van der Waals surface area contributed by atoms with Gasteiger partial charge in [-0.15, -0.1) is 0 Å². The highest BCUT2D eigenvalue weighted by atomic mass is 32.2. The minimum atomic E-state index is -3.61. The van der Waals surface area contributed by atoms with Crippen molar-refractivity contribution in [1.82, 2.24) is 0 Å². The van der Waals surface area contributed by atoms with E-state index < -0.39 is 9.84 Å². The van der Waals surface area contributed by atoms with Crippen LogP contribution in [0, 0.1) is 13.8 Å². The summed E-state index contributed by atoms with van der Waals surface area (Å²) in [6, 6.07) is 50.0. The molecule has 0 bridgehead atoms. The van der Waals surface area contributed by atoms with Gasteiger partial charge in [-0.05, 0) is 144 Å². The lowest BCUT2D eigenvalue weighted by Gasteiger charge is -2.33. The number of rotatable bonds is 4. The molecule has 1 heterocycles. The zero-order chi connectivity index (χ0) is 33.3. The number of hydrogen-bond donors (Lipinski definition) is 0. The van der Waals surface area contributed by atoms with Gasteiger partial charge >= 0.3 is 0 Å². The molecule has 0 aromatic heterocycles. The predicted molar refractivity (Wildman–Crippen MR) is 200 cm³/mol. The van der Waals surface area contributed by atoms with Crippen LogP contribution in [0.2, 0.25) is 0 Å². The Morgan fingerprint density at radius 1 is 0.490 bits per heavy atom. The number of aryl methyl sites for hydroxylation is 2. The molecule has 0 amide bonds. The van der Waals surface area contributed by atoms with Gasteiger partial charge in [0.25, 0.3) is 0 Å². The van der Waals surface area contributed by atoms with Gasteiger partial charge in [-0.1, -0.05) is 72.8 Å². The lowest BCUT2D eigenvalue weighted by atomic mass is 9.84. The van der Waals surface area contributed by atoms with E-state index in [4.69, 9.17) is 0 Å². The molecular formula is C44H34N2O2S. The Morgan fingerprint density at radius 2 is 1.04 bits per heavy atom. The predicted octanol–water partition coefficient (Wildman–Crippen LogP) is 11.0. The molecule has 5 heteroatoms. The van der Waals surface area contributed by atoms with Gasteiger partial charge in [-0.25, -0.2) is 8.42 Å². The third-order valence-electron chi connectivity index (χ3n) is 9.92. The van der Waals surface area contributed by atoms with Crippen LogP contribution in [-0.2, 0) is 22.7 Å². The lowest BCUT2D eigenvalue weighted by Crippen LogP contribution is -2.22. The second-order valence-corrected chi connectivity index (χ2v) is 15.1. The maximum atomic E-state index is 13.5. The van der Waals surface area contributed by atoms with E-state index in [1.54, 1.807) is 24.3 Å². The summed E-state index contributed by atoms with van der Waals surface area (Å²) < 4.78 is 27.1. The Morgan fingerprint density at radius 3 is 1.67 bits per heavy atom. The fraction of sp³-hybridized carbons (Fsp3) is 0.0909. The summed E-state index contributed by atoms with van der Waals surface area (Å²) in [6.07, 6.45) is 1.74. The molecule has 0 radical (unpaired) electrons. The van der Waals surface area contributed by atoms with Gasteiger partial charge < -0.3 is 9.80 Å². The first-order valence-corrected chi connectivity index (χ1v) is 18.2. The van der Waals surface area contributed by atoms with Gasteiger partial charge in [0.2, 0.25) is 9.84 Å². The lowest BCUT2D eigenvalue weighted by molar-refractivity contribution is 0.595. The normalized spacial score (nSPS) is 14.0. The van der Waals surface area contributed by atoms with Crippen molar-refractivity contribution in [2.45, 2.75) is 36.5 Å². The molecule has 7 aromatic carbocycles. The standard InChI is InChI=1S/C44H34N2O2S/c1-29-9-7-11-37(21-29)45(38-12-8-10-30(2)22-38)39-19-17-31-23-34-26-36-28-40(20-18-32(36)24-33(34)25-35(31)27-39)46-41-13-3-5-15-43(41)49(47,48)44-16-6-4-14-42(44)46/h3-22,24,26-28H,23,25H2,1-2H3. The maximum absolute atomic E-state index is 13.5. The molecule has 0 unspecified atom stereocenters. The van der Waals surface area contributed by atoms with Crippen molar-refractivity contribution >= 4 is 54.7 Å². The van der Waals surface area contributed by atoms with E-state index in [1.807, 2.05) is 24.3 Å². The number of para-hydroxylation sites is 2. The highest BCUT2D eigenvalue weighted by molar-refractivity contribution is 7.92. The van der Waals surface area contributed by atoms with Crippen LogP contribution in [0.1, 0.15) is 33.4 Å². The average Bonchev–Trinajstić information content (AvgIpc) is 3.10. The summed E-state index contributed by atoms with van der Waals surface area (Å²) >= 11 is 0. The van der Waals surface area contributed by atoms with E-state index in [0.29, 0.717) is 21.2 Å². The summed E-state index contributed by atoms with van der Waals surface area (Å²) in [5.41, 5.74) is 13.6. The van der Waals surface area contributed by atoms with Crippen LogP contribution in [-0.4, -0.2) is 8.42 Å². The number of fused-ring (bicyclic) bond motifs is 5. The van der Waals surface area contributed by atoms with Crippen molar-refractivity contribution in [3.05, 3.63) is 179 Å². The minimum absolute atomic E-state index is 0.332. The van der Waals surface area contributed by atoms with Crippen molar-refractivity contribution in [2.75, 3.05) is 9.80 Å². The van der Waals surface area contributed by atoms with Crippen LogP contribution >= 0.6 is 0 Å².